The second-order valence-corrected chi connectivity index (χ2v) is 6.33. The lowest BCUT2D eigenvalue weighted by molar-refractivity contribution is -0.132. The second kappa shape index (κ2) is 5.94. The van der Waals surface area contributed by atoms with E-state index in [-0.39, 0.29) is 12.5 Å². The van der Waals surface area contributed by atoms with Crippen LogP contribution in [0, 0.1) is 13.8 Å². The molecule has 1 saturated heterocycles. The molecule has 1 aromatic carbocycles. The number of aromatic nitrogens is 1. The molecule has 1 N–H and O–H groups in total. The highest BCUT2D eigenvalue weighted by molar-refractivity contribution is 6.30. The average Bonchev–Trinajstić information content (AvgIpc) is 3.00. The number of hydrogen-bond acceptors (Lipinski definition) is 4. The maximum Gasteiger partial charge on any atom is 0.325 e. The number of nitrogens with one attached hydrogen (secondary N) is 1. The van der Waals surface area contributed by atoms with E-state index in [2.05, 4.69) is 10.5 Å². The number of imide groups is 1. The molecule has 0 aliphatic carbocycles. The van der Waals surface area contributed by atoms with Gasteiger partial charge in [-0.1, -0.05) is 35.8 Å². The van der Waals surface area contributed by atoms with Gasteiger partial charge in [0.1, 0.15) is 11.3 Å². The molecule has 0 saturated carbocycles. The number of aryl methyl sites for hydroxylation is 2. The molecular weight excluding hydrogens is 330 g/mol. The molecule has 1 aromatic heterocycles. The van der Waals surface area contributed by atoms with Crippen molar-refractivity contribution in [2.24, 2.45) is 0 Å². The fourth-order valence-corrected chi connectivity index (χ4v) is 3.24. The number of carbonyl (C=O) groups excluding carboxylic acids is 2. The van der Waals surface area contributed by atoms with E-state index in [0.29, 0.717) is 28.5 Å². The Labute approximate surface area is 144 Å². The molecule has 3 amide bonds. The zero-order valence-corrected chi connectivity index (χ0v) is 14.5. The van der Waals surface area contributed by atoms with Gasteiger partial charge in [-0.15, -0.1) is 0 Å². The predicted octanol–water partition coefficient (Wildman–Crippen LogP) is 3.30. The van der Waals surface area contributed by atoms with E-state index in [1.807, 2.05) is 6.92 Å². The van der Waals surface area contributed by atoms with Crippen LogP contribution >= 0.6 is 11.6 Å². The highest BCUT2D eigenvalue weighted by Gasteiger charge is 2.51. The van der Waals surface area contributed by atoms with Crippen molar-refractivity contribution in [3.05, 3.63) is 51.9 Å². The quantitative estimate of drug-likeness (QED) is 0.861. The van der Waals surface area contributed by atoms with E-state index in [4.69, 9.17) is 16.1 Å². The Bertz CT molecular complexity index is 798. The minimum atomic E-state index is -1.10. The molecule has 0 spiro atoms. The van der Waals surface area contributed by atoms with Gasteiger partial charge in [0.2, 0.25) is 0 Å². The van der Waals surface area contributed by atoms with Crippen molar-refractivity contribution >= 4 is 23.5 Å². The molecule has 3 rings (SSSR count). The van der Waals surface area contributed by atoms with E-state index in [0.717, 1.165) is 5.56 Å². The third-order valence-corrected chi connectivity index (χ3v) is 4.76. The lowest BCUT2D eigenvalue weighted by atomic mass is 9.87. The Morgan fingerprint density at radius 2 is 2.08 bits per heavy atom. The Kier molecular flexibility index (Phi) is 4.09. The number of amides is 3. The first-order chi connectivity index (χ1) is 11.4. The van der Waals surface area contributed by atoms with Crippen LogP contribution in [-0.4, -0.2) is 22.0 Å². The zero-order valence-electron chi connectivity index (χ0n) is 13.7. The summed E-state index contributed by atoms with van der Waals surface area (Å²) in [6.07, 6.45) is 0.427. The summed E-state index contributed by atoms with van der Waals surface area (Å²) in [6.45, 7) is 5.54. The molecule has 1 fully saturated rings. The zero-order chi connectivity index (χ0) is 17.5. The van der Waals surface area contributed by atoms with E-state index >= 15 is 0 Å². The van der Waals surface area contributed by atoms with Gasteiger partial charge in [-0.3, -0.25) is 9.69 Å². The lowest BCUT2D eigenvalue weighted by Crippen LogP contribution is -2.43. The summed E-state index contributed by atoms with van der Waals surface area (Å²) in [7, 11) is 0. The Morgan fingerprint density at radius 3 is 2.67 bits per heavy atom. The number of carbonyl (C=O) groups is 2. The van der Waals surface area contributed by atoms with Crippen LogP contribution in [0.25, 0.3) is 0 Å². The molecule has 2 aromatic rings. The van der Waals surface area contributed by atoms with Crippen molar-refractivity contribution < 1.29 is 14.1 Å². The predicted molar refractivity (Wildman–Crippen MR) is 88.5 cm³/mol. The molecule has 7 heteroatoms. The summed E-state index contributed by atoms with van der Waals surface area (Å²) in [5.74, 6) is 0.308. The highest BCUT2D eigenvalue weighted by Crippen LogP contribution is 2.34. The SMILES string of the molecule is CC[C@]1(c2cccc(Cl)c2)NC(=O)N(Cc2c(C)noc2C)C1=O. The van der Waals surface area contributed by atoms with Gasteiger partial charge < -0.3 is 9.84 Å². The van der Waals surface area contributed by atoms with Crippen molar-refractivity contribution in [2.75, 3.05) is 0 Å². The van der Waals surface area contributed by atoms with Gasteiger partial charge in [-0.25, -0.2) is 4.79 Å². The number of nitrogens with zero attached hydrogens (tertiary/aromatic N) is 2. The van der Waals surface area contributed by atoms with E-state index < -0.39 is 11.6 Å². The Morgan fingerprint density at radius 1 is 1.33 bits per heavy atom. The molecule has 1 aliphatic heterocycles. The molecule has 1 atom stereocenters. The lowest BCUT2D eigenvalue weighted by Gasteiger charge is -2.26. The summed E-state index contributed by atoms with van der Waals surface area (Å²) in [5.41, 5.74) is 1.000. The number of hydrogen-bond donors (Lipinski definition) is 1. The number of benzene rings is 1. The van der Waals surface area contributed by atoms with E-state index in [9.17, 15) is 9.59 Å². The van der Waals surface area contributed by atoms with Gasteiger partial charge >= 0.3 is 6.03 Å². The van der Waals surface area contributed by atoms with Gasteiger partial charge in [0.15, 0.2) is 0 Å². The summed E-state index contributed by atoms with van der Waals surface area (Å²) in [6, 6.07) is 6.58. The van der Waals surface area contributed by atoms with Gasteiger partial charge in [0, 0.05) is 10.6 Å². The van der Waals surface area contributed by atoms with Crippen molar-refractivity contribution in [1.82, 2.24) is 15.4 Å². The van der Waals surface area contributed by atoms with Crippen molar-refractivity contribution in [3.8, 4) is 0 Å². The van der Waals surface area contributed by atoms with Crippen LogP contribution in [0.5, 0.6) is 0 Å². The number of halogens is 1. The Balaban J connectivity index is 1.98. The molecule has 6 nitrogen and oxygen atoms in total. The summed E-state index contributed by atoms with van der Waals surface area (Å²) in [4.78, 5) is 26.8. The van der Waals surface area contributed by atoms with Crippen LogP contribution in [-0.2, 0) is 16.9 Å². The number of rotatable bonds is 4. The van der Waals surface area contributed by atoms with Crippen LogP contribution in [0.15, 0.2) is 28.8 Å². The molecule has 0 unspecified atom stereocenters. The first-order valence-electron chi connectivity index (χ1n) is 7.71. The summed E-state index contributed by atoms with van der Waals surface area (Å²) < 4.78 is 5.12. The molecule has 1 aliphatic rings. The first kappa shape index (κ1) is 16.5. The van der Waals surface area contributed by atoms with Gasteiger partial charge in [0.25, 0.3) is 5.91 Å². The van der Waals surface area contributed by atoms with Crippen molar-refractivity contribution in [3.63, 3.8) is 0 Å². The number of urea groups is 1. The van der Waals surface area contributed by atoms with Crippen LogP contribution in [0.4, 0.5) is 4.79 Å². The average molecular weight is 348 g/mol. The Hall–Kier alpha value is -2.34. The fourth-order valence-electron chi connectivity index (χ4n) is 3.05. The van der Waals surface area contributed by atoms with E-state index in [1.165, 1.54) is 4.90 Å². The molecule has 126 valence electrons. The monoisotopic (exact) mass is 347 g/mol. The smallest absolute Gasteiger partial charge is 0.325 e. The summed E-state index contributed by atoms with van der Waals surface area (Å²) >= 11 is 6.06. The molecule has 24 heavy (non-hydrogen) atoms. The molecular formula is C17H18ClN3O3. The van der Waals surface area contributed by atoms with Crippen LogP contribution in [0.3, 0.4) is 0 Å². The van der Waals surface area contributed by atoms with Crippen LogP contribution in [0.2, 0.25) is 5.02 Å². The molecule has 2 heterocycles. The molecule has 0 radical (unpaired) electrons. The standard InChI is InChI=1S/C17H18ClN3O3/c1-4-17(12-6-5-7-13(18)8-12)15(22)21(16(23)19-17)9-14-10(2)20-24-11(14)3/h5-8H,4,9H2,1-3H3,(H,19,23)/t17-/m1/s1. The second-order valence-electron chi connectivity index (χ2n) is 5.89. The van der Waals surface area contributed by atoms with Crippen LogP contribution in [0.1, 0.15) is 35.9 Å². The van der Waals surface area contributed by atoms with Gasteiger partial charge in [-0.2, -0.15) is 0 Å². The minimum absolute atomic E-state index is 0.133. The van der Waals surface area contributed by atoms with Crippen LogP contribution < -0.4 is 5.32 Å². The normalized spacial score (nSPS) is 20.6. The van der Waals surface area contributed by atoms with Gasteiger partial charge in [-0.05, 0) is 38.0 Å². The largest absolute Gasteiger partial charge is 0.361 e. The fraction of sp³-hybridized carbons (Fsp3) is 0.353. The third kappa shape index (κ3) is 2.47. The maximum atomic E-state index is 13.1. The summed E-state index contributed by atoms with van der Waals surface area (Å²) in [5, 5.41) is 7.23. The van der Waals surface area contributed by atoms with Gasteiger partial charge in [0.05, 0.1) is 12.2 Å². The van der Waals surface area contributed by atoms with E-state index in [1.54, 1.807) is 38.1 Å². The van der Waals surface area contributed by atoms with Crippen molar-refractivity contribution in [2.45, 2.75) is 39.3 Å². The molecule has 0 bridgehead atoms. The first-order valence-corrected chi connectivity index (χ1v) is 8.08. The maximum absolute atomic E-state index is 13.1. The highest BCUT2D eigenvalue weighted by atomic mass is 35.5. The van der Waals surface area contributed by atoms with Crippen molar-refractivity contribution in [1.29, 1.82) is 0 Å². The third-order valence-electron chi connectivity index (χ3n) is 4.52. The topological polar surface area (TPSA) is 75.4 Å². The minimum Gasteiger partial charge on any atom is -0.361 e.